The topological polar surface area (TPSA) is 50.4 Å². The van der Waals surface area contributed by atoms with Crippen molar-refractivity contribution < 1.29 is 13.9 Å². The molecule has 2 aromatic rings. The Labute approximate surface area is 149 Å². The quantitative estimate of drug-likeness (QED) is 0.674. The molecule has 0 heterocycles. The van der Waals surface area contributed by atoms with Gasteiger partial charge in [0.2, 0.25) is 6.10 Å². The highest BCUT2D eigenvalue weighted by atomic mass is 79.9. The molecule has 6 heteroatoms. The minimum Gasteiger partial charge on any atom is -0.475 e. The Morgan fingerprint density at radius 3 is 2.62 bits per heavy atom. The number of carbonyl (C=O) groups is 1. The van der Waals surface area contributed by atoms with Crippen molar-refractivity contribution >= 4 is 21.8 Å². The molecular formula is C18H20BrFN2O2. The maximum absolute atomic E-state index is 13.2. The molecule has 2 rings (SSSR count). The minimum absolute atomic E-state index is 0.228. The van der Waals surface area contributed by atoms with Gasteiger partial charge in [0, 0.05) is 12.1 Å². The first-order valence-corrected chi connectivity index (χ1v) is 8.50. The first kappa shape index (κ1) is 18.4. The molecule has 1 unspecified atom stereocenters. The molecule has 24 heavy (non-hydrogen) atoms. The Hall–Kier alpha value is -1.92. The number of benzene rings is 2. The summed E-state index contributed by atoms with van der Waals surface area (Å²) in [5, 5.41) is 5.90. The van der Waals surface area contributed by atoms with E-state index >= 15 is 0 Å². The van der Waals surface area contributed by atoms with Crippen LogP contribution in [-0.4, -0.2) is 26.0 Å². The van der Waals surface area contributed by atoms with Crippen LogP contribution in [-0.2, 0) is 4.79 Å². The van der Waals surface area contributed by atoms with Crippen LogP contribution in [0.1, 0.15) is 18.1 Å². The third-order valence-corrected chi connectivity index (χ3v) is 4.00. The second-order valence-corrected chi connectivity index (χ2v) is 6.09. The predicted molar refractivity (Wildman–Crippen MR) is 95.5 cm³/mol. The summed E-state index contributed by atoms with van der Waals surface area (Å²) in [4.78, 5) is 12.5. The van der Waals surface area contributed by atoms with Crippen LogP contribution >= 0.6 is 15.9 Å². The minimum atomic E-state index is -0.803. The van der Waals surface area contributed by atoms with E-state index in [1.807, 2.05) is 37.4 Å². The van der Waals surface area contributed by atoms with E-state index in [0.717, 1.165) is 18.5 Å². The van der Waals surface area contributed by atoms with Crippen molar-refractivity contribution in [3.63, 3.8) is 0 Å². The van der Waals surface area contributed by atoms with Crippen LogP contribution in [0.5, 0.6) is 5.75 Å². The number of halogens is 2. The Morgan fingerprint density at radius 1 is 1.21 bits per heavy atom. The van der Waals surface area contributed by atoms with Crippen molar-refractivity contribution in [2.75, 3.05) is 20.1 Å². The molecule has 0 aliphatic heterocycles. The number of nitrogens with one attached hydrogen (secondary N) is 2. The predicted octanol–water partition coefficient (Wildman–Crippen LogP) is 3.43. The number of ether oxygens (including phenoxy) is 1. The Morgan fingerprint density at radius 2 is 1.96 bits per heavy atom. The summed E-state index contributed by atoms with van der Waals surface area (Å²) in [5.41, 5.74) is 0.736. The van der Waals surface area contributed by atoms with Gasteiger partial charge >= 0.3 is 0 Å². The molecule has 0 saturated heterocycles. The van der Waals surface area contributed by atoms with Crippen LogP contribution in [0.25, 0.3) is 0 Å². The Bertz CT molecular complexity index is 667. The fraction of sp³-hybridized carbons (Fsp3) is 0.278. The number of amides is 1. The van der Waals surface area contributed by atoms with Gasteiger partial charge in [-0.05, 0) is 54.1 Å². The lowest BCUT2D eigenvalue weighted by atomic mass is 10.1. The summed E-state index contributed by atoms with van der Waals surface area (Å²) in [6.07, 6.45) is 0.0202. The molecular weight excluding hydrogens is 375 g/mol. The molecule has 1 amide bonds. The van der Waals surface area contributed by atoms with E-state index in [9.17, 15) is 9.18 Å². The normalized spacial score (nSPS) is 11.8. The van der Waals surface area contributed by atoms with E-state index in [2.05, 4.69) is 26.6 Å². The van der Waals surface area contributed by atoms with E-state index < -0.39 is 6.10 Å². The number of rotatable bonds is 8. The molecule has 0 aromatic heterocycles. The van der Waals surface area contributed by atoms with Crippen LogP contribution < -0.4 is 15.4 Å². The van der Waals surface area contributed by atoms with Crippen LogP contribution in [0.2, 0.25) is 0 Å². The molecule has 0 fully saturated rings. The lowest BCUT2D eigenvalue weighted by molar-refractivity contribution is -0.128. The number of hydrogen-bond acceptors (Lipinski definition) is 3. The summed E-state index contributed by atoms with van der Waals surface area (Å²) >= 11 is 3.27. The molecule has 0 spiro atoms. The molecule has 0 bridgehead atoms. The maximum atomic E-state index is 13.2. The summed E-state index contributed by atoms with van der Waals surface area (Å²) in [7, 11) is 1.86. The average Bonchev–Trinajstić information content (AvgIpc) is 2.58. The van der Waals surface area contributed by atoms with E-state index in [0.29, 0.717) is 16.8 Å². The molecule has 0 radical (unpaired) electrons. The van der Waals surface area contributed by atoms with Gasteiger partial charge in [-0.1, -0.05) is 30.3 Å². The average molecular weight is 395 g/mol. The zero-order chi connectivity index (χ0) is 17.4. The second kappa shape index (κ2) is 9.39. The van der Waals surface area contributed by atoms with Gasteiger partial charge in [0.15, 0.2) is 0 Å². The second-order valence-electron chi connectivity index (χ2n) is 5.23. The van der Waals surface area contributed by atoms with Crippen molar-refractivity contribution in [2.45, 2.75) is 12.5 Å². The van der Waals surface area contributed by atoms with Crippen molar-refractivity contribution in [3.8, 4) is 5.75 Å². The lowest BCUT2D eigenvalue weighted by Crippen LogP contribution is -2.34. The van der Waals surface area contributed by atoms with E-state index in [4.69, 9.17) is 4.74 Å². The number of carbonyl (C=O) groups excluding carboxylic acids is 1. The summed E-state index contributed by atoms with van der Waals surface area (Å²) in [5.74, 6) is -0.189. The molecule has 0 aliphatic rings. The third kappa shape index (κ3) is 5.32. The highest BCUT2D eigenvalue weighted by Crippen LogP contribution is 2.30. The van der Waals surface area contributed by atoms with Crippen molar-refractivity contribution in [1.82, 2.24) is 10.6 Å². The summed E-state index contributed by atoms with van der Waals surface area (Å²) in [6.45, 7) is 1.37. The van der Waals surface area contributed by atoms with Gasteiger partial charge in [0.05, 0.1) is 4.47 Å². The highest BCUT2D eigenvalue weighted by molar-refractivity contribution is 9.10. The zero-order valence-corrected chi connectivity index (χ0v) is 15.0. The van der Waals surface area contributed by atoms with Gasteiger partial charge < -0.3 is 15.4 Å². The van der Waals surface area contributed by atoms with Crippen molar-refractivity contribution in [2.24, 2.45) is 0 Å². The largest absolute Gasteiger partial charge is 0.475 e. The number of hydrogen-bond donors (Lipinski definition) is 2. The fourth-order valence-corrected chi connectivity index (χ4v) is 2.61. The maximum Gasteiger partial charge on any atom is 0.265 e. The standard InChI is InChI=1S/C18H20BrFN2O2/c1-21-10-5-11-22-18(23)17(13-6-3-2-4-7-13)24-16-9-8-14(20)12-15(16)19/h2-4,6-9,12,17,21H,5,10-11H2,1H3,(H,22,23). The Balaban J connectivity index is 2.15. The SMILES string of the molecule is CNCCCNC(=O)C(Oc1ccc(F)cc1Br)c1ccccc1. The van der Waals surface area contributed by atoms with Crippen LogP contribution in [0.4, 0.5) is 4.39 Å². The van der Waals surface area contributed by atoms with Gasteiger partial charge in [-0.15, -0.1) is 0 Å². The van der Waals surface area contributed by atoms with Crippen LogP contribution in [0, 0.1) is 5.82 Å². The molecule has 2 aromatic carbocycles. The van der Waals surface area contributed by atoms with Gasteiger partial charge in [0.1, 0.15) is 11.6 Å². The van der Waals surface area contributed by atoms with E-state index in [1.54, 1.807) is 0 Å². The first-order chi connectivity index (χ1) is 11.6. The van der Waals surface area contributed by atoms with Gasteiger partial charge in [0.25, 0.3) is 5.91 Å². The Kier molecular flexibility index (Phi) is 7.21. The first-order valence-electron chi connectivity index (χ1n) is 7.71. The van der Waals surface area contributed by atoms with E-state index in [-0.39, 0.29) is 11.7 Å². The van der Waals surface area contributed by atoms with Gasteiger partial charge in [-0.2, -0.15) is 0 Å². The van der Waals surface area contributed by atoms with Crippen LogP contribution in [0.3, 0.4) is 0 Å². The zero-order valence-electron chi connectivity index (χ0n) is 13.4. The van der Waals surface area contributed by atoms with Crippen molar-refractivity contribution in [1.29, 1.82) is 0 Å². The third-order valence-electron chi connectivity index (χ3n) is 3.38. The molecule has 4 nitrogen and oxygen atoms in total. The molecule has 0 aliphatic carbocycles. The summed E-state index contributed by atoms with van der Waals surface area (Å²) in [6, 6.07) is 13.3. The molecule has 2 N–H and O–H groups in total. The molecule has 1 atom stereocenters. The fourth-order valence-electron chi connectivity index (χ4n) is 2.17. The molecule has 0 saturated carbocycles. The smallest absolute Gasteiger partial charge is 0.265 e. The highest BCUT2D eigenvalue weighted by Gasteiger charge is 2.23. The summed E-state index contributed by atoms with van der Waals surface area (Å²) < 4.78 is 19.6. The van der Waals surface area contributed by atoms with E-state index in [1.165, 1.54) is 18.2 Å². The van der Waals surface area contributed by atoms with Crippen molar-refractivity contribution in [3.05, 3.63) is 64.4 Å². The molecule has 128 valence electrons. The van der Waals surface area contributed by atoms with Gasteiger partial charge in [-0.3, -0.25) is 4.79 Å². The van der Waals surface area contributed by atoms with Crippen LogP contribution in [0.15, 0.2) is 53.0 Å². The van der Waals surface area contributed by atoms with Gasteiger partial charge in [-0.25, -0.2) is 4.39 Å². The lowest BCUT2D eigenvalue weighted by Gasteiger charge is -2.20. The monoisotopic (exact) mass is 394 g/mol.